The number of hydrogen-bond acceptors (Lipinski definition) is 2. The lowest BCUT2D eigenvalue weighted by atomic mass is 10.1. The van der Waals surface area contributed by atoms with E-state index in [0.717, 1.165) is 30.3 Å². The Morgan fingerprint density at radius 3 is 2.75 bits per heavy atom. The molecule has 3 nitrogen and oxygen atoms in total. The van der Waals surface area contributed by atoms with Crippen LogP contribution in [-0.2, 0) is 13.1 Å². The first kappa shape index (κ1) is 14.7. The summed E-state index contributed by atoms with van der Waals surface area (Å²) in [5, 5.41) is 7.55. The van der Waals surface area contributed by atoms with Crippen molar-refractivity contribution >= 4 is 0 Å². The second-order valence-electron chi connectivity index (χ2n) is 4.82. The van der Waals surface area contributed by atoms with Crippen LogP contribution >= 0.6 is 0 Å². The van der Waals surface area contributed by atoms with Crippen molar-refractivity contribution in [1.29, 1.82) is 0 Å². The van der Waals surface area contributed by atoms with E-state index in [1.165, 1.54) is 6.07 Å². The average molecular weight is 279 g/mol. The predicted molar refractivity (Wildman–Crippen MR) is 74.1 cm³/mol. The SMILES string of the molecule is CCCn1nccc1CNC(C)c1ccc(F)c(F)c1. The third-order valence-corrected chi connectivity index (χ3v) is 3.27. The molecule has 1 unspecified atom stereocenters. The zero-order valence-electron chi connectivity index (χ0n) is 11.7. The molecule has 0 amide bonds. The van der Waals surface area contributed by atoms with Gasteiger partial charge in [0.25, 0.3) is 0 Å². The van der Waals surface area contributed by atoms with Gasteiger partial charge in [-0.2, -0.15) is 5.10 Å². The van der Waals surface area contributed by atoms with E-state index in [1.54, 1.807) is 12.3 Å². The molecule has 0 saturated heterocycles. The van der Waals surface area contributed by atoms with Gasteiger partial charge in [-0.25, -0.2) is 8.78 Å². The molecule has 5 heteroatoms. The predicted octanol–water partition coefficient (Wildman–Crippen LogP) is 3.42. The first-order valence-corrected chi connectivity index (χ1v) is 6.80. The van der Waals surface area contributed by atoms with Crippen molar-refractivity contribution in [2.24, 2.45) is 0 Å². The molecule has 1 aromatic heterocycles. The van der Waals surface area contributed by atoms with Crippen molar-refractivity contribution < 1.29 is 8.78 Å². The van der Waals surface area contributed by atoms with E-state index in [9.17, 15) is 8.78 Å². The number of rotatable bonds is 6. The van der Waals surface area contributed by atoms with Gasteiger partial charge in [0.1, 0.15) is 0 Å². The van der Waals surface area contributed by atoms with Crippen LogP contribution in [0.3, 0.4) is 0 Å². The lowest BCUT2D eigenvalue weighted by molar-refractivity contribution is 0.494. The number of aromatic nitrogens is 2. The van der Waals surface area contributed by atoms with E-state index < -0.39 is 11.6 Å². The fourth-order valence-electron chi connectivity index (χ4n) is 2.08. The van der Waals surface area contributed by atoms with Gasteiger partial charge in [-0.1, -0.05) is 13.0 Å². The maximum Gasteiger partial charge on any atom is 0.159 e. The lowest BCUT2D eigenvalue weighted by Gasteiger charge is -2.15. The summed E-state index contributed by atoms with van der Waals surface area (Å²) in [5.74, 6) is -1.63. The highest BCUT2D eigenvalue weighted by Crippen LogP contribution is 2.16. The molecular weight excluding hydrogens is 260 g/mol. The average Bonchev–Trinajstić information content (AvgIpc) is 2.87. The second kappa shape index (κ2) is 6.61. The Labute approximate surface area is 117 Å². The molecule has 0 aliphatic rings. The lowest BCUT2D eigenvalue weighted by Crippen LogP contribution is -2.20. The second-order valence-corrected chi connectivity index (χ2v) is 4.82. The van der Waals surface area contributed by atoms with E-state index >= 15 is 0 Å². The maximum absolute atomic E-state index is 13.2. The minimum atomic E-state index is -0.818. The van der Waals surface area contributed by atoms with Crippen LogP contribution in [-0.4, -0.2) is 9.78 Å². The van der Waals surface area contributed by atoms with E-state index in [2.05, 4.69) is 17.3 Å². The van der Waals surface area contributed by atoms with Gasteiger partial charge in [0.2, 0.25) is 0 Å². The van der Waals surface area contributed by atoms with Crippen molar-refractivity contribution in [3.05, 3.63) is 53.4 Å². The van der Waals surface area contributed by atoms with Crippen LogP contribution in [0.15, 0.2) is 30.5 Å². The van der Waals surface area contributed by atoms with E-state index in [4.69, 9.17) is 0 Å². The van der Waals surface area contributed by atoms with E-state index in [1.807, 2.05) is 17.7 Å². The van der Waals surface area contributed by atoms with Gasteiger partial charge in [0.15, 0.2) is 11.6 Å². The summed E-state index contributed by atoms with van der Waals surface area (Å²) in [5.41, 5.74) is 1.81. The summed E-state index contributed by atoms with van der Waals surface area (Å²) in [6.07, 6.45) is 2.79. The molecule has 1 aromatic carbocycles. The Kier molecular flexibility index (Phi) is 4.84. The molecule has 1 atom stereocenters. The Balaban J connectivity index is 1.99. The summed E-state index contributed by atoms with van der Waals surface area (Å²) in [6.45, 7) is 5.54. The fourth-order valence-corrected chi connectivity index (χ4v) is 2.08. The smallest absolute Gasteiger partial charge is 0.159 e. The van der Waals surface area contributed by atoms with Crippen LogP contribution in [0.1, 0.15) is 37.6 Å². The summed E-state index contributed by atoms with van der Waals surface area (Å²) in [4.78, 5) is 0. The normalized spacial score (nSPS) is 12.6. The number of benzene rings is 1. The molecule has 2 rings (SSSR count). The molecule has 0 aliphatic heterocycles. The van der Waals surface area contributed by atoms with Gasteiger partial charge in [0, 0.05) is 25.3 Å². The van der Waals surface area contributed by atoms with Crippen LogP contribution in [0.4, 0.5) is 8.78 Å². The molecule has 1 N–H and O–H groups in total. The molecule has 0 radical (unpaired) electrons. The zero-order valence-corrected chi connectivity index (χ0v) is 11.7. The van der Waals surface area contributed by atoms with Gasteiger partial charge >= 0.3 is 0 Å². The van der Waals surface area contributed by atoms with Gasteiger partial charge in [-0.15, -0.1) is 0 Å². The van der Waals surface area contributed by atoms with Gasteiger partial charge in [0.05, 0.1) is 5.69 Å². The van der Waals surface area contributed by atoms with Crippen molar-refractivity contribution in [3.63, 3.8) is 0 Å². The van der Waals surface area contributed by atoms with Gasteiger partial charge in [-0.05, 0) is 37.1 Å². The molecule has 0 fully saturated rings. The van der Waals surface area contributed by atoms with Crippen LogP contribution in [0.2, 0.25) is 0 Å². The number of hydrogen-bond donors (Lipinski definition) is 1. The highest BCUT2D eigenvalue weighted by Gasteiger charge is 2.10. The van der Waals surface area contributed by atoms with Crippen LogP contribution in [0.25, 0.3) is 0 Å². The van der Waals surface area contributed by atoms with E-state index in [0.29, 0.717) is 6.54 Å². The number of nitrogens with zero attached hydrogens (tertiary/aromatic N) is 2. The van der Waals surface area contributed by atoms with Crippen LogP contribution in [0.5, 0.6) is 0 Å². The van der Waals surface area contributed by atoms with Crippen molar-refractivity contribution in [2.75, 3.05) is 0 Å². The van der Waals surface area contributed by atoms with Crippen molar-refractivity contribution in [3.8, 4) is 0 Å². The quantitative estimate of drug-likeness (QED) is 0.878. The molecule has 1 heterocycles. The molecule has 108 valence electrons. The monoisotopic (exact) mass is 279 g/mol. The zero-order chi connectivity index (χ0) is 14.5. The third-order valence-electron chi connectivity index (χ3n) is 3.27. The van der Waals surface area contributed by atoms with Gasteiger partial charge in [-0.3, -0.25) is 4.68 Å². The molecule has 0 aliphatic carbocycles. The number of halogens is 2. The Morgan fingerprint density at radius 2 is 2.05 bits per heavy atom. The van der Waals surface area contributed by atoms with E-state index in [-0.39, 0.29) is 6.04 Å². The minimum absolute atomic E-state index is 0.0601. The molecule has 2 aromatic rings. The first-order chi connectivity index (χ1) is 9.61. The van der Waals surface area contributed by atoms with Crippen LogP contribution < -0.4 is 5.32 Å². The number of nitrogens with one attached hydrogen (secondary N) is 1. The summed E-state index contributed by atoms with van der Waals surface area (Å²) >= 11 is 0. The summed E-state index contributed by atoms with van der Waals surface area (Å²) in [7, 11) is 0. The van der Waals surface area contributed by atoms with Crippen molar-refractivity contribution in [2.45, 2.75) is 39.4 Å². The molecule has 0 bridgehead atoms. The summed E-state index contributed by atoms with van der Waals surface area (Å²) < 4.78 is 28.1. The van der Waals surface area contributed by atoms with Crippen molar-refractivity contribution in [1.82, 2.24) is 15.1 Å². The Bertz CT molecular complexity index is 566. The van der Waals surface area contributed by atoms with Gasteiger partial charge < -0.3 is 5.32 Å². The molecule has 0 spiro atoms. The molecule has 20 heavy (non-hydrogen) atoms. The minimum Gasteiger partial charge on any atom is -0.305 e. The third kappa shape index (κ3) is 3.42. The molecule has 0 saturated carbocycles. The first-order valence-electron chi connectivity index (χ1n) is 6.80. The highest BCUT2D eigenvalue weighted by atomic mass is 19.2. The topological polar surface area (TPSA) is 29.9 Å². The standard InChI is InChI=1S/C15H19F2N3/c1-3-8-20-13(6-7-19-20)10-18-11(2)12-4-5-14(16)15(17)9-12/h4-7,9,11,18H,3,8,10H2,1-2H3. The number of aryl methyl sites for hydroxylation is 1. The fraction of sp³-hybridized carbons (Fsp3) is 0.400. The Hall–Kier alpha value is -1.75. The summed E-state index contributed by atoms with van der Waals surface area (Å²) in [6, 6.07) is 5.88. The highest BCUT2D eigenvalue weighted by molar-refractivity contribution is 5.20. The Morgan fingerprint density at radius 1 is 1.25 bits per heavy atom. The van der Waals surface area contributed by atoms with Crippen LogP contribution in [0, 0.1) is 11.6 Å². The maximum atomic E-state index is 13.2. The largest absolute Gasteiger partial charge is 0.305 e. The molecular formula is C15H19F2N3.